The molecule has 0 atom stereocenters. The number of allylic oxidation sites excluding steroid dienone is 2. The molecule has 0 bridgehead atoms. The molecule has 1 aliphatic carbocycles. The van der Waals surface area contributed by atoms with Gasteiger partial charge >= 0.3 is 0 Å². The Morgan fingerprint density at radius 2 is 1.70 bits per heavy atom. The molecule has 1 aromatic rings. The largest absolute Gasteiger partial charge is 0.497 e. The van der Waals surface area contributed by atoms with Gasteiger partial charge in [0.1, 0.15) is 17.3 Å². The van der Waals surface area contributed by atoms with Crippen LogP contribution in [0, 0.1) is 5.41 Å². The van der Waals surface area contributed by atoms with E-state index in [2.05, 4.69) is 25.2 Å². The number of methoxy groups -OCH3 is 2. The molecule has 1 aromatic carbocycles. The normalized spacial score (nSPS) is 17.4. The number of carbonyl (C=O) groups is 1. The summed E-state index contributed by atoms with van der Waals surface area (Å²) in [4.78, 5) is 11.8. The lowest BCUT2D eigenvalue weighted by molar-refractivity contribution is -0.120. The highest BCUT2D eigenvalue weighted by Gasteiger charge is 2.26. The number of rotatable bonds is 4. The van der Waals surface area contributed by atoms with E-state index in [1.54, 1.807) is 14.2 Å². The maximum absolute atomic E-state index is 11.8. The Labute approximate surface area is 119 Å². The van der Waals surface area contributed by atoms with Gasteiger partial charge < -0.3 is 14.8 Å². The van der Waals surface area contributed by atoms with E-state index in [1.165, 1.54) is 0 Å². The second kappa shape index (κ2) is 5.57. The van der Waals surface area contributed by atoms with E-state index in [0.29, 0.717) is 24.3 Å². The Hall–Kier alpha value is -1.97. The van der Waals surface area contributed by atoms with Crippen molar-refractivity contribution in [1.29, 1.82) is 0 Å². The van der Waals surface area contributed by atoms with Crippen LogP contribution in [0.4, 0.5) is 5.69 Å². The number of Topliss-reactive ketones (excluding diaryl/α,β-unsaturated/α-hetero) is 1. The predicted octanol–water partition coefficient (Wildman–Crippen LogP) is 3.39. The highest BCUT2D eigenvalue weighted by Crippen LogP contribution is 2.33. The lowest BCUT2D eigenvalue weighted by Crippen LogP contribution is -2.23. The fourth-order valence-electron chi connectivity index (χ4n) is 2.50. The van der Waals surface area contributed by atoms with Crippen molar-refractivity contribution >= 4 is 11.5 Å². The minimum absolute atomic E-state index is 0.0966. The van der Waals surface area contributed by atoms with Crippen LogP contribution >= 0.6 is 0 Å². The van der Waals surface area contributed by atoms with E-state index in [-0.39, 0.29) is 11.2 Å². The number of benzene rings is 1. The number of anilines is 1. The Balaban J connectivity index is 2.25. The van der Waals surface area contributed by atoms with E-state index in [4.69, 9.17) is 9.47 Å². The fourth-order valence-corrected chi connectivity index (χ4v) is 2.50. The first-order valence-electron chi connectivity index (χ1n) is 6.65. The van der Waals surface area contributed by atoms with Gasteiger partial charge in [0.25, 0.3) is 0 Å². The van der Waals surface area contributed by atoms with Crippen molar-refractivity contribution in [2.24, 2.45) is 5.41 Å². The average molecular weight is 275 g/mol. The number of carbonyl (C=O) groups excluding carboxylic acids is 1. The zero-order valence-corrected chi connectivity index (χ0v) is 12.4. The first-order chi connectivity index (χ1) is 9.41. The van der Waals surface area contributed by atoms with Crippen LogP contribution < -0.4 is 14.8 Å². The van der Waals surface area contributed by atoms with Crippen LogP contribution in [0.1, 0.15) is 26.7 Å². The minimum atomic E-state index is -0.0966. The van der Waals surface area contributed by atoms with Crippen molar-refractivity contribution in [3.8, 4) is 11.5 Å². The van der Waals surface area contributed by atoms with Crippen molar-refractivity contribution < 1.29 is 14.3 Å². The molecule has 2 rings (SSSR count). The third-order valence-corrected chi connectivity index (χ3v) is 3.26. The highest BCUT2D eigenvalue weighted by atomic mass is 16.5. The maximum atomic E-state index is 11.8. The second-order valence-electron chi connectivity index (χ2n) is 5.78. The smallest absolute Gasteiger partial charge is 0.139 e. The summed E-state index contributed by atoms with van der Waals surface area (Å²) in [6.07, 6.45) is 3.17. The van der Waals surface area contributed by atoms with Gasteiger partial charge in [0, 0.05) is 42.4 Å². The van der Waals surface area contributed by atoms with Gasteiger partial charge in [-0.05, 0) is 5.41 Å². The Morgan fingerprint density at radius 1 is 1.10 bits per heavy atom. The van der Waals surface area contributed by atoms with Crippen LogP contribution in [0.5, 0.6) is 11.5 Å². The quantitative estimate of drug-likeness (QED) is 0.915. The van der Waals surface area contributed by atoms with Crippen molar-refractivity contribution in [2.45, 2.75) is 26.7 Å². The molecule has 0 aromatic heterocycles. The zero-order chi connectivity index (χ0) is 14.8. The lowest BCUT2D eigenvalue weighted by Gasteiger charge is -2.27. The Morgan fingerprint density at radius 3 is 2.20 bits per heavy atom. The molecule has 0 saturated carbocycles. The van der Waals surface area contributed by atoms with Crippen molar-refractivity contribution in [2.75, 3.05) is 19.5 Å². The first kappa shape index (κ1) is 14.4. The molecule has 20 heavy (non-hydrogen) atoms. The van der Waals surface area contributed by atoms with Gasteiger partial charge in [-0.1, -0.05) is 19.9 Å². The molecular formula is C16H21NO3. The Kier molecular flexibility index (Phi) is 4.02. The SMILES string of the molecule is COc1cc(NC2=CC(C)(C)CC(=O)C2)cc(OC)c1. The summed E-state index contributed by atoms with van der Waals surface area (Å²) in [6.45, 7) is 4.13. The van der Waals surface area contributed by atoms with Gasteiger partial charge in [-0.3, -0.25) is 4.79 Å². The zero-order valence-electron chi connectivity index (χ0n) is 12.4. The van der Waals surface area contributed by atoms with Crippen LogP contribution in [0.3, 0.4) is 0 Å². The highest BCUT2D eigenvalue weighted by molar-refractivity contribution is 5.84. The third kappa shape index (κ3) is 3.53. The molecule has 0 spiro atoms. The van der Waals surface area contributed by atoms with Gasteiger partial charge in [0.05, 0.1) is 14.2 Å². The molecule has 4 nitrogen and oxygen atoms in total. The maximum Gasteiger partial charge on any atom is 0.139 e. The molecule has 0 radical (unpaired) electrons. The first-order valence-corrected chi connectivity index (χ1v) is 6.65. The lowest BCUT2D eigenvalue weighted by atomic mass is 9.81. The van der Waals surface area contributed by atoms with E-state index in [9.17, 15) is 4.79 Å². The number of ether oxygens (including phenoxy) is 2. The molecule has 1 aliphatic rings. The molecule has 0 fully saturated rings. The summed E-state index contributed by atoms with van der Waals surface area (Å²) >= 11 is 0. The van der Waals surface area contributed by atoms with Crippen molar-refractivity contribution in [1.82, 2.24) is 0 Å². The molecule has 1 N–H and O–H groups in total. The molecule has 108 valence electrons. The van der Waals surface area contributed by atoms with Crippen LogP contribution in [0.25, 0.3) is 0 Å². The van der Waals surface area contributed by atoms with Gasteiger partial charge in [-0.2, -0.15) is 0 Å². The van der Waals surface area contributed by atoms with E-state index >= 15 is 0 Å². The molecule has 0 amide bonds. The van der Waals surface area contributed by atoms with Crippen molar-refractivity contribution in [3.05, 3.63) is 30.0 Å². The molecule has 0 heterocycles. The summed E-state index contributed by atoms with van der Waals surface area (Å²) in [5, 5.41) is 3.30. The fraction of sp³-hybridized carbons (Fsp3) is 0.438. The summed E-state index contributed by atoms with van der Waals surface area (Å²) in [7, 11) is 3.23. The standard InChI is InChI=1S/C16H21NO3/c1-16(2)9-12(5-13(18)10-16)17-11-6-14(19-3)8-15(7-11)20-4/h6-9,17H,5,10H2,1-4H3. The molecule has 4 heteroatoms. The third-order valence-electron chi connectivity index (χ3n) is 3.26. The second-order valence-corrected chi connectivity index (χ2v) is 5.78. The van der Waals surface area contributed by atoms with Gasteiger partial charge in [0.15, 0.2) is 0 Å². The molecule has 0 unspecified atom stereocenters. The van der Waals surface area contributed by atoms with Crippen molar-refractivity contribution in [3.63, 3.8) is 0 Å². The predicted molar refractivity (Wildman–Crippen MR) is 79.3 cm³/mol. The van der Waals surface area contributed by atoms with Gasteiger partial charge in [-0.15, -0.1) is 0 Å². The van der Waals surface area contributed by atoms with Crippen LogP contribution in [0.15, 0.2) is 30.0 Å². The van der Waals surface area contributed by atoms with E-state index < -0.39 is 0 Å². The Bertz CT molecular complexity index is 524. The summed E-state index contributed by atoms with van der Waals surface area (Å²) in [5.41, 5.74) is 1.69. The number of nitrogens with one attached hydrogen (secondary N) is 1. The number of hydrogen-bond donors (Lipinski definition) is 1. The summed E-state index contributed by atoms with van der Waals surface area (Å²) in [6, 6.07) is 5.58. The number of ketones is 1. The summed E-state index contributed by atoms with van der Waals surface area (Å²) < 4.78 is 10.5. The number of hydrogen-bond acceptors (Lipinski definition) is 4. The van der Waals surface area contributed by atoms with Crippen LogP contribution in [-0.2, 0) is 4.79 Å². The van der Waals surface area contributed by atoms with Crippen LogP contribution in [0.2, 0.25) is 0 Å². The van der Waals surface area contributed by atoms with E-state index in [0.717, 1.165) is 11.4 Å². The monoisotopic (exact) mass is 275 g/mol. The van der Waals surface area contributed by atoms with E-state index in [1.807, 2.05) is 18.2 Å². The summed E-state index contributed by atoms with van der Waals surface area (Å²) in [5.74, 6) is 1.69. The van der Waals surface area contributed by atoms with Crippen LogP contribution in [-0.4, -0.2) is 20.0 Å². The molecule has 0 aliphatic heterocycles. The molecule has 0 saturated heterocycles. The average Bonchev–Trinajstić information content (AvgIpc) is 2.35. The minimum Gasteiger partial charge on any atom is -0.497 e. The van der Waals surface area contributed by atoms with Gasteiger partial charge in [-0.25, -0.2) is 0 Å². The topological polar surface area (TPSA) is 47.6 Å². The van der Waals surface area contributed by atoms with Gasteiger partial charge in [0.2, 0.25) is 0 Å². The molecular weight excluding hydrogens is 254 g/mol.